The quantitative estimate of drug-likeness (QED) is 0.629. The van der Waals surface area contributed by atoms with Crippen molar-refractivity contribution in [2.24, 2.45) is 5.92 Å². The molecule has 1 N–H and O–H groups in total. The van der Waals surface area contributed by atoms with Gasteiger partial charge in [0.1, 0.15) is 0 Å². The summed E-state index contributed by atoms with van der Waals surface area (Å²) in [6.45, 7) is 1.46. The predicted octanol–water partition coefficient (Wildman–Crippen LogP) is 4.90. The highest BCUT2D eigenvalue weighted by atomic mass is 32.2. The number of likely N-dealkylation sites (tertiary alicyclic amines) is 1. The van der Waals surface area contributed by atoms with Gasteiger partial charge in [-0.05, 0) is 47.2 Å². The van der Waals surface area contributed by atoms with Crippen molar-refractivity contribution < 1.29 is 9.90 Å². The molecule has 28 heavy (non-hydrogen) atoms. The Bertz CT molecular complexity index is 936. The fraction of sp³-hybridized carbons (Fsp3) is 0.292. The molecule has 1 heterocycles. The first-order valence-electron chi connectivity index (χ1n) is 9.83. The molecule has 0 radical (unpaired) electrons. The molecule has 4 heteroatoms. The van der Waals surface area contributed by atoms with Crippen molar-refractivity contribution in [3.63, 3.8) is 0 Å². The van der Waals surface area contributed by atoms with E-state index in [0.717, 1.165) is 36.4 Å². The van der Waals surface area contributed by atoms with E-state index in [9.17, 15) is 9.90 Å². The molecule has 0 bridgehead atoms. The lowest BCUT2D eigenvalue weighted by Crippen LogP contribution is -2.40. The first-order valence-corrected chi connectivity index (χ1v) is 10.8. The number of rotatable bonds is 5. The van der Waals surface area contributed by atoms with Crippen LogP contribution in [0.3, 0.4) is 0 Å². The SMILES string of the molecule is O=C(CSc1ccc2ccccc2c1)N1CCC(C(O)c2ccccc2)CC1. The Morgan fingerprint density at radius 3 is 2.39 bits per heavy atom. The molecular weight excluding hydrogens is 366 g/mol. The number of hydrogen-bond acceptors (Lipinski definition) is 3. The summed E-state index contributed by atoms with van der Waals surface area (Å²) in [5.74, 6) is 0.870. The topological polar surface area (TPSA) is 40.5 Å². The average Bonchev–Trinajstić information content (AvgIpc) is 2.77. The van der Waals surface area contributed by atoms with Crippen molar-refractivity contribution in [2.75, 3.05) is 18.8 Å². The Morgan fingerprint density at radius 2 is 1.64 bits per heavy atom. The fourth-order valence-electron chi connectivity index (χ4n) is 3.88. The van der Waals surface area contributed by atoms with E-state index in [0.29, 0.717) is 5.75 Å². The van der Waals surface area contributed by atoms with E-state index in [4.69, 9.17) is 0 Å². The lowest BCUT2D eigenvalue weighted by atomic mass is 9.87. The summed E-state index contributed by atoms with van der Waals surface area (Å²) < 4.78 is 0. The van der Waals surface area contributed by atoms with E-state index in [-0.39, 0.29) is 11.8 Å². The Morgan fingerprint density at radius 1 is 0.964 bits per heavy atom. The second-order valence-corrected chi connectivity index (χ2v) is 8.42. The van der Waals surface area contributed by atoms with Crippen molar-refractivity contribution in [1.29, 1.82) is 0 Å². The van der Waals surface area contributed by atoms with E-state index < -0.39 is 6.10 Å². The van der Waals surface area contributed by atoms with Gasteiger partial charge in [-0.3, -0.25) is 4.79 Å². The highest BCUT2D eigenvalue weighted by Gasteiger charge is 2.28. The molecule has 0 aliphatic carbocycles. The molecule has 3 nitrogen and oxygen atoms in total. The minimum absolute atomic E-state index is 0.186. The van der Waals surface area contributed by atoms with Crippen LogP contribution in [0.25, 0.3) is 10.8 Å². The minimum Gasteiger partial charge on any atom is -0.388 e. The highest BCUT2D eigenvalue weighted by Crippen LogP contribution is 2.31. The number of piperidine rings is 1. The smallest absolute Gasteiger partial charge is 0.232 e. The maximum atomic E-state index is 12.6. The van der Waals surface area contributed by atoms with Crippen molar-refractivity contribution in [2.45, 2.75) is 23.8 Å². The third kappa shape index (κ3) is 4.40. The van der Waals surface area contributed by atoms with Crippen molar-refractivity contribution in [1.82, 2.24) is 4.90 Å². The van der Waals surface area contributed by atoms with Gasteiger partial charge in [0.2, 0.25) is 5.91 Å². The largest absolute Gasteiger partial charge is 0.388 e. The van der Waals surface area contributed by atoms with Crippen LogP contribution < -0.4 is 0 Å². The van der Waals surface area contributed by atoms with Crippen molar-refractivity contribution >= 4 is 28.4 Å². The molecule has 1 saturated heterocycles. The van der Waals surface area contributed by atoms with Crippen molar-refractivity contribution in [3.8, 4) is 0 Å². The van der Waals surface area contributed by atoms with Gasteiger partial charge in [-0.15, -0.1) is 11.8 Å². The van der Waals surface area contributed by atoms with Crippen LogP contribution in [0.2, 0.25) is 0 Å². The number of aliphatic hydroxyl groups is 1. The summed E-state index contributed by atoms with van der Waals surface area (Å²) in [4.78, 5) is 15.7. The number of carbonyl (C=O) groups excluding carboxylic acids is 1. The van der Waals surface area contributed by atoms with Gasteiger partial charge in [-0.1, -0.05) is 60.7 Å². The lowest BCUT2D eigenvalue weighted by Gasteiger charge is -2.34. The summed E-state index contributed by atoms with van der Waals surface area (Å²) in [6.07, 6.45) is 1.26. The first-order chi connectivity index (χ1) is 13.7. The van der Waals surface area contributed by atoms with Crippen molar-refractivity contribution in [3.05, 3.63) is 78.4 Å². The number of amides is 1. The second-order valence-electron chi connectivity index (χ2n) is 7.37. The van der Waals surface area contributed by atoms with Crippen LogP contribution in [0.4, 0.5) is 0 Å². The molecule has 0 saturated carbocycles. The zero-order valence-corrected chi connectivity index (χ0v) is 16.6. The van der Waals surface area contributed by atoms with Gasteiger partial charge in [-0.2, -0.15) is 0 Å². The molecule has 1 unspecified atom stereocenters. The van der Waals surface area contributed by atoms with E-state index in [1.54, 1.807) is 11.8 Å². The summed E-state index contributed by atoms with van der Waals surface area (Å²) in [5.41, 5.74) is 0.971. The third-order valence-electron chi connectivity index (χ3n) is 5.56. The number of thioether (sulfide) groups is 1. The van der Waals surface area contributed by atoms with Gasteiger partial charge < -0.3 is 10.0 Å². The Balaban J connectivity index is 1.29. The lowest BCUT2D eigenvalue weighted by molar-refractivity contribution is -0.130. The van der Waals surface area contributed by atoms with E-state index in [1.165, 1.54) is 10.8 Å². The molecule has 0 spiro atoms. The summed E-state index contributed by atoms with van der Waals surface area (Å²) >= 11 is 1.60. The summed E-state index contributed by atoms with van der Waals surface area (Å²) in [6, 6.07) is 24.5. The monoisotopic (exact) mass is 391 g/mol. The molecular formula is C24H25NO2S. The van der Waals surface area contributed by atoms with Crippen LogP contribution in [0.1, 0.15) is 24.5 Å². The zero-order chi connectivity index (χ0) is 19.3. The molecule has 4 rings (SSSR count). The number of aliphatic hydroxyl groups excluding tert-OH is 1. The van der Waals surface area contributed by atoms with Gasteiger partial charge in [0.15, 0.2) is 0 Å². The second kappa shape index (κ2) is 8.80. The number of carbonyl (C=O) groups is 1. The van der Waals surface area contributed by atoms with E-state index >= 15 is 0 Å². The van der Waals surface area contributed by atoms with Crippen LogP contribution >= 0.6 is 11.8 Å². The fourth-order valence-corrected chi connectivity index (χ4v) is 4.73. The normalized spacial score (nSPS) is 16.2. The van der Waals surface area contributed by atoms with Crippen LogP contribution in [-0.4, -0.2) is 34.8 Å². The van der Waals surface area contributed by atoms with Crippen LogP contribution in [0, 0.1) is 5.92 Å². The van der Waals surface area contributed by atoms with Crippen LogP contribution in [0.15, 0.2) is 77.7 Å². The summed E-state index contributed by atoms with van der Waals surface area (Å²) in [7, 11) is 0. The molecule has 1 aliphatic rings. The molecule has 3 aromatic rings. The minimum atomic E-state index is -0.439. The van der Waals surface area contributed by atoms with Gasteiger partial charge in [0, 0.05) is 18.0 Å². The highest BCUT2D eigenvalue weighted by molar-refractivity contribution is 8.00. The van der Waals surface area contributed by atoms with Gasteiger partial charge >= 0.3 is 0 Å². The Kier molecular flexibility index (Phi) is 5.98. The number of fused-ring (bicyclic) bond motifs is 1. The standard InChI is InChI=1S/C24H25NO2S/c26-23(17-28-22-11-10-18-6-4-5-9-21(18)16-22)25-14-12-20(13-15-25)24(27)19-7-2-1-3-8-19/h1-11,16,20,24,27H,12-15,17H2. The van der Waals surface area contributed by atoms with E-state index in [2.05, 4.69) is 30.3 Å². The third-order valence-corrected chi connectivity index (χ3v) is 6.54. The van der Waals surface area contributed by atoms with Gasteiger partial charge in [-0.25, -0.2) is 0 Å². The molecule has 1 fully saturated rings. The molecule has 1 aliphatic heterocycles. The molecule has 0 aromatic heterocycles. The van der Waals surface area contributed by atoms with E-state index in [1.807, 2.05) is 47.4 Å². The number of hydrogen-bond donors (Lipinski definition) is 1. The number of nitrogens with zero attached hydrogens (tertiary/aromatic N) is 1. The Labute approximate surface area is 170 Å². The number of benzene rings is 3. The molecule has 144 valence electrons. The maximum Gasteiger partial charge on any atom is 0.232 e. The Hall–Kier alpha value is -2.30. The van der Waals surface area contributed by atoms with Crippen LogP contribution in [0.5, 0.6) is 0 Å². The molecule has 3 aromatic carbocycles. The maximum absolute atomic E-state index is 12.6. The van der Waals surface area contributed by atoms with Crippen LogP contribution in [-0.2, 0) is 4.79 Å². The predicted molar refractivity (Wildman–Crippen MR) is 115 cm³/mol. The average molecular weight is 392 g/mol. The molecule has 1 atom stereocenters. The summed E-state index contributed by atoms with van der Waals surface area (Å²) in [5, 5.41) is 13.0. The first kappa shape index (κ1) is 19.0. The zero-order valence-electron chi connectivity index (χ0n) is 15.8. The van der Waals surface area contributed by atoms with Gasteiger partial charge in [0.05, 0.1) is 11.9 Å². The molecule has 1 amide bonds. The van der Waals surface area contributed by atoms with Gasteiger partial charge in [0.25, 0.3) is 0 Å².